The van der Waals surface area contributed by atoms with E-state index in [1.165, 1.54) is 4.90 Å². The molecular formula is C15H13BrN2OS. The van der Waals surface area contributed by atoms with Crippen molar-refractivity contribution in [3.63, 3.8) is 0 Å². The van der Waals surface area contributed by atoms with E-state index in [1.807, 2.05) is 48.7 Å². The number of hydrogen-bond donors (Lipinski definition) is 2. The summed E-state index contributed by atoms with van der Waals surface area (Å²) in [6, 6.07) is 13.5. The first-order valence-corrected chi connectivity index (χ1v) is 8.20. The molecule has 1 amide bonds. The molecular weight excluding hydrogens is 336 g/mol. The first-order chi connectivity index (χ1) is 9.69. The second kappa shape index (κ2) is 5.50. The molecule has 3 rings (SSSR count). The van der Waals surface area contributed by atoms with Gasteiger partial charge < -0.3 is 10.6 Å². The van der Waals surface area contributed by atoms with Crippen LogP contribution >= 0.6 is 27.7 Å². The zero-order chi connectivity index (χ0) is 14.1. The minimum absolute atomic E-state index is 0.0270. The van der Waals surface area contributed by atoms with Crippen molar-refractivity contribution < 1.29 is 4.79 Å². The molecule has 1 aliphatic heterocycles. The number of thioether (sulfide) groups is 1. The zero-order valence-electron chi connectivity index (χ0n) is 10.8. The van der Waals surface area contributed by atoms with Crippen LogP contribution in [0, 0.1) is 0 Å². The summed E-state index contributed by atoms with van der Waals surface area (Å²) >= 11 is 5.21. The number of fused-ring (bicyclic) bond motifs is 1. The summed E-state index contributed by atoms with van der Waals surface area (Å²) in [6.07, 6.45) is 2.04. The summed E-state index contributed by atoms with van der Waals surface area (Å²) in [6.45, 7) is 0. The van der Waals surface area contributed by atoms with Crippen LogP contribution in [-0.2, 0) is 4.79 Å². The summed E-state index contributed by atoms with van der Waals surface area (Å²) in [5.41, 5.74) is 2.76. The average Bonchev–Trinajstić information content (AvgIpc) is 2.77. The van der Waals surface area contributed by atoms with E-state index in [-0.39, 0.29) is 11.9 Å². The van der Waals surface area contributed by atoms with Crippen molar-refractivity contribution in [2.45, 2.75) is 10.9 Å². The van der Waals surface area contributed by atoms with Gasteiger partial charge in [-0.2, -0.15) is 0 Å². The Kier molecular flexibility index (Phi) is 3.72. The Morgan fingerprint density at radius 1 is 1.20 bits per heavy atom. The Hall–Kier alpha value is -1.46. The molecule has 1 heterocycles. The van der Waals surface area contributed by atoms with Crippen molar-refractivity contribution in [2.24, 2.45) is 0 Å². The van der Waals surface area contributed by atoms with Crippen molar-refractivity contribution in [3.8, 4) is 0 Å². The zero-order valence-corrected chi connectivity index (χ0v) is 13.2. The summed E-state index contributed by atoms with van der Waals surface area (Å²) in [4.78, 5) is 13.3. The molecule has 5 heteroatoms. The topological polar surface area (TPSA) is 41.1 Å². The highest BCUT2D eigenvalue weighted by atomic mass is 79.9. The molecule has 1 atom stereocenters. The lowest BCUT2D eigenvalue weighted by Crippen LogP contribution is -2.19. The van der Waals surface area contributed by atoms with Crippen LogP contribution in [0.5, 0.6) is 0 Å². The number of anilines is 2. The van der Waals surface area contributed by atoms with Gasteiger partial charge in [-0.15, -0.1) is 11.8 Å². The van der Waals surface area contributed by atoms with Gasteiger partial charge in [-0.3, -0.25) is 4.79 Å². The van der Waals surface area contributed by atoms with Gasteiger partial charge in [0.15, 0.2) is 0 Å². The molecule has 0 fully saturated rings. The van der Waals surface area contributed by atoms with E-state index in [2.05, 4.69) is 26.6 Å². The third-order valence-corrected chi connectivity index (χ3v) is 4.70. The van der Waals surface area contributed by atoms with E-state index in [4.69, 9.17) is 0 Å². The molecule has 0 saturated heterocycles. The smallest absolute Gasteiger partial charge is 0.251 e. The Morgan fingerprint density at radius 2 is 1.95 bits per heavy atom. The van der Waals surface area contributed by atoms with Gasteiger partial charge in [-0.05, 0) is 42.7 Å². The van der Waals surface area contributed by atoms with E-state index in [9.17, 15) is 4.79 Å². The molecule has 2 aromatic rings. The minimum Gasteiger partial charge on any atom is -0.370 e. The van der Waals surface area contributed by atoms with Crippen LogP contribution in [-0.4, -0.2) is 12.2 Å². The second-order valence-corrected chi connectivity index (χ2v) is 6.23. The molecule has 20 heavy (non-hydrogen) atoms. The largest absolute Gasteiger partial charge is 0.370 e. The van der Waals surface area contributed by atoms with Gasteiger partial charge in [0.05, 0.1) is 0 Å². The monoisotopic (exact) mass is 348 g/mol. The van der Waals surface area contributed by atoms with Crippen molar-refractivity contribution in [2.75, 3.05) is 16.9 Å². The first-order valence-electron chi connectivity index (χ1n) is 6.19. The van der Waals surface area contributed by atoms with Crippen LogP contribution in [0.2, 0.25) is 0 Å². The standard InChI is InChI=1S/C15H13BrN2OS/c1-20-10-7-5-9(6-8-10)17-14-13-11(16)3-2-4-12(13)18-15(14)19/h2-8,14,17H,1H3,(H,18,19). The highest BCUT2D eigenvalue weighted by Gasteiger charge is 2.32. The molecule has 1 unspecified atom stereocenters. The maximum Gasteiger partial charge on any atom is 0.251 e. The normalized spacial score (nSPS) is 16.7. The van der Waals surface area contributed by atoms with Gasteiger partial charge in [0, 0.05) is 26.3 Å². The minimum atomic E-state index is -0.360. The fourth-order valence-electron chi connectivity index (χ4n) is 2.27. The molecule has 0 bridgehead atoms. The third kappa shape index (κ3) is 2.43. The Labute approximate surface area is 130 Å². The van der Waals surface area contributed by atoms with E-state index < -0.39 is 0 Å². The molecule has 3 nitrogen and oxygen atoms in total. The quantitative estimate of drug-likeness (QED) is 0.813. The van der Waals surface area contributed by atoms with Crippen LogP contribution in [0.25, 0.3) is 0 Å². The summed E-state index contributed by atoms with van der Waals surface area (Å²) in [5, 5.41) is 6.18. The van der Waals surface area contributed by atoms with Gasteiger partial charge >= 0.3 is 0 Å². The molecule has 0 aliphatic carbocycles. The lowest BCUT2D eigenvalue weighted by Gasteiger charge is -2.14. The van der Waals surface area contributed by atoms with E-state index in [0.29, 0.717) is 0 Å². The van der Waals surface area contributed by atoms with Gasteiger partial charge in [0.1, 0.15) is 6.04 Å². The van der Waals surface area contributed by atoms with Gasteiger partial charge in [0.25, 0.3) is 5.91 Å². The maximum absolute atomic E-state index is 12.1. The average molecular weight is 349 g/mol. The van der Waals surface area contributed by atoms with Crippen LogP contribution < -0.4 is 10.6 Å². The second-order valence-electron chi connectivity index (χ2n) is 4.50. The third-order valence-electron chi connectivity index (χ3n) is 3.26. The summed E-state index contributed by atoms with van der Waals surface area (Å²) in [7, 11) is 0. The number of hydrogen-bond acceptors (Lipinski definition) is 3. The van der Waals surface area contributed by atoms with Gasteiger partial charge in [0.2, 0.25) is 0 Å². The van der Waals surface area contributed by atoms with Gasteiger partial charge in [-0.25, -0.2) is 0 Å². The van der Waals surface area contributed by atoms with E-state index >= 15 is 0 Å². The molecule has 2 aromatic carbocycles. The Morgan fingerprint density at radius 3 is 2.65 bits per heavy atom. The van der Waals surface area contributed by atoms with Gasteiger partial charge in [-0.1, -0.05) is 22.0 Å². The highest BCUT2D eigenvalue weighted by Crippen LogP contribution is 2.38. The van der Waals surface area contributed by atoms with E-state index in [0.717, 1.165) is 21.4 Å². The summed E-state index contributed by atoms with van der Waals surface area (Å²) < 4.78 is 0.937. The lowest BCUT2D eigenvalue weighted by molar-refractivity contribution is -0.116. The first kappa shape index (κ1) is 13.5. The van der Waals surface area contributed by atoms with Crippen LogP contribution in [0.4, 0.5) is 11.4 Å². The van der Waals surface area contributed by atoms with E-state index in [1.54, 1.807) is 11.8 Å². The molecule has 102 valence electrons. The maximum atomic E-state index is 12.1. The van der Waals surface area contributed by atoms with Crippen molar-refractivity contribution in [1.82, 2.24) is 0 Å². The van der Waals surface area contributed by atoms with Crippen LogP contribution in [0.15, 0.2) is 51.8 Å². The SMILES string of the molecule is CSc1ccc(NC2C(=O)Nc3cccc(Br)c32)cc1. The van der Waals surface area contributed by atoms with Crippen molar-refractivity contribution in [1.29, 1.82) is 0 Å². The molecule has 0 radical (unpaired) electrons. The molecule has 0 saturated carbocycles. The number of carbonyl (C=O) groups is 1. The van der Waals surface area contributed by atoms with Crippen molar-refractivity contribution in [3.05, 3.63) is 52.5 Å². The predicted molar refractivity (Wildman–Crippen MR) is 87.4 cm³/mol. The van der Waals surface area contributed by atoms with Crippen molar-refractivity contribution >= 4 is 45.0 Å². The number of halogens is 1. The predicted octanol–water partition coefficient (Wildman–Crippen LogP) is 4.28. The Bertz CT molecular complexity index is 657. The van der Waals surface area contributed by atoms with Crippen LogP contribution in [0.3, 0.4) is 0 Å². The number of nitrogens with one attached hydrogen (secondary N) is 2. The molecule has 1 aliphatic rings. The number of carbonyl (C=O) groups excluding carboxylic acids is 1. The van der Waals surface area contributed by atoms with Crippen LogP contribution in [0.1, 0.15) is 11.6 Å². The molecule has 0 aromatic heterocycles. The fraction of sp³-hybridized carbons (Fsp3) is 0.133. The highest BCUT2D eigenvalue weighted by molar-refractivity contribution is 9.10. The Balaban J connectivity index is 1.89. The molecule has 2 N–H and O–H groups in total. The number of amides is 1. The fourth-order valence-corrected chi connectivity index (χ4v) is 3.27. The number of benzene rings is 2. The number of rotatable bonds is 3. The molecule has 0 spiro atoms. The lowest BCUT2D eigenvalue weighted by atomic mass is 10.1. The summed E-state index contributed by atoms with van der Waals surface area (Å²) in [5.74, 6) is -0.0270.